The van der Waals surface area contributed by atoms with Gasteiger partial charge in [0.15, 0.2) is 5.82 Å². The van der Waals surface area contributed by atoms with Crippen molar-refractivity contribution in [1.29, 1.82) is 0 Å². The smallest absolute Gasteiger partial charge is 0.221 e. The van der Waals surface area contributed by atoms with E-state index in [2.05, 4.69) is 23.2 Å². The molecule has 114 valence electrons. The van der Waals surface area contributed by atoms with Crippen LogP contribution in [-0.2, 0) is 5.75 Å². The molecule has 0 saturated carbocycles. The fraction of sp³-hybridized carbons (Fsp3) is 0.111. The van der Waals surface area contributed by atoms with E-state index in [1.165, 1.54) is 4.90 Å². The van der Waals surface area contributed by atoms with E-state index in [1.807, 2.05) is 30.3 Å². The first-order chi connectivity index (χ1) is 11.3. The molecule has 23 heavy (non-hydrogen) atoms. The zero-order valence-corrected chi connectivity index (χ0v) is 14.0. The lowest BCUT2D eigenvalue weighted by Gasteiger charge is -2.20. The molecular formula is C18H13ClN2OS. The van der Waals surface area contributed by atoms with Gasteiger partial charge in [0.05, 0.1) is 18.4 Å². The van der Waals surface area contributed by atoms with Gasteiger partial charge in [0.1, 0.15) is 0 Å². The van der Waals surface area contributed by atoms with Gasteiger partial charge < -0.3 is 4.74 Å². The van der Waals surface area contributed by atoms with Crippen LogP contribution in [0.1, 0.15) is 5.56 Å². The molecule has 3 nitrogen and oxygen atoms in total. The quantitative estimate of drug-likeness (QED) is 0.651. The lowest BCUT2D eigenvalue weighted by molar-refractivity contribution is 0.394. The number of nitrogens with zero attached hydrogens (tertiary/aromatic N) is 2. The Hall–Kier alpha value is -2.04. The van der Waals surface area contributed by atoms with E-state index in [1.54, 1.807) is 18.9 Å². The summed E-state index contributed by atoms with van der Waals surface area (Å²) in [4.78, 5) is 10.6. The third-order valence-corrected chi connectivity index (χ3v) is 5.13. The first kappa shape index (κ1) is 14.5. The highest BCUT2D eigenvalue weighted by molar-refractivity contribution is 7.98. The van der Waals surface area contributed by atoms with Gasteiger partial charge in [-0.15, -0.1) is 11.8 Å². The summed E-state index contributed by atoms with van der Waals surface area (Å²) in [5, 5.41) is 0.695. The van der Waals surface area contributed by atoms with Crippen LogP contribution in [0.2, 0.25) is 5.02 Å². The lowest BCUT2D eigenvalue weighted by Crippen LogP contribution is -2.06. The highest BCUT2D eigenvalue weighted by atomic mass is 35.5. The summed E-state index contributed by atoms with van der Waals surface area (Å²) in [7, 11) is 1.65. The van der Waals surface area contributed by atoms with E-state index in [9.17, 15) is 0 Å². The molecule has 0 amide bonds. The van der Waals surface area contributed by atoms with Crippen LogP contribution in [0.4, 0.5) is 0 Å². The fourth-order valence-electron chi connectivity index (χ4n) is 2.65. The number of hydrogen-bond acceptors (Lipinski definition) is 4. The minimum Gasteiger partial charge on any atom is -0.481 e. The van der Waals surface area contributed by atoms with E-state index in [0.29, 0.717) is 16.7 Å². The van der Waals surface area contributed by atoms with Gasteiger partial charge in [-0.1, -0.05) is 29.8 Å². The number of fused-ring (bicyclic) bond motifs is 3. The summed E-state index contributed by atoms with van der Waals surface area (Å²) in [5.74, 6) is 2.11. The molecule has 0 aliphatic carbocycles. The maximum absolute atomic E-state index is 5.97. The molecule has 5 heteroatoms. The number of benzene rings is 2. The standard InChI is InChI=1S/C18H13ClN2OS/c1-22-18-14-10-23-15-5-3-2-4-13(15)16(14)20-17(21-18)11-6-8-12(19)9-7-11/h2-9H,10H2,1H3. The van der Waals surface area contributed by atoms with Gasteiger partial charge in [-0.25, -0.2) is 4.98 Å². The lowest BCUT2D eigenvalue weighted by atomic mass is 10.1. The average Bonchev–Trinajstić information content (AvgIpc) is 2.61. The van der Waals surface area contributed by atoms with Crippen LogP contribution >= 0.6 is 23.4 Å². The molecule has 0 fully saturated rings. The Morgan fingerprint density at radius 2 is 1.83 bits per heavy atom. The van der Waals surface area contributed by atoms with Crippen LogP contribution in [0.3, 0.4) is 0 Å². The molecule has 0 unspecified atom stereocenters. The number of halogens is 1. The second-order valence-electron chi connectivity index (χ2n) is 5.18. The van der Waals surface area contributed by atoms with Crippen LogP contribution in [0.5, 0.6) is 5.88 Å². The summed E-state index contributed by atoms with van der Waals surface area (Å²) in [5.41, 5.74) is 4.06. The Labute approximate surface area is 143 Å². The molecule has 0 spiro atoms. The van der Waals surface area contributed by atoms with E-state index < -0.39 is 0 Å². The molecule has 2 aromatic carbocycles. The van der Waals surface area contributed by atoms with Crippen molar-refractivity contribution in [3.05, 3.63) is 59.1 Å². The minimum atomic E-state index is 0.641. The number of ether oxygens (including phenoxy) is 1. The topological polar surface area (TPSA) is 35.0 Å². The van der Waals surface area contributed by atoms with Crippen LogP contribution in [0, 0.1) is 0 Å². The van der Waals surface area contributed by atoms with Gasteiger partial charge >= 0.3 is 0 Å². The zero-order valence-electron chi connectivity index (χ0n) is 12.4. The van der Waals surface area contributed by atoms with Crippen LogP contribution < -0.4 is 4.74 Å². The molecule has 4 rings (SSSR count). The Kier molecular flexibility index (Phi) is 3.71. The summed E-state index contributed by atoms with van der Waals surface area (Å²) in [6.45, 7) is 0. The Balaban J connectivity index is 1.93. The van der Waals surface area contributed by atoms with E-state index in [4.69, 9.17) is 21.3 Å². The Bertz CT molecular complexity index is 881. The van der Waals surface area contributed by atoms with Gasteiger partial charge in [0.25, 0.3) is 0 Å². The molecule has 3 aromatic rings. The normalized spacial score (nSPS) is 12.4. The van der Waals surface area contributed by atoms with Crippen molar-refractivity contribution in [3.8, 4) is 28.5 Å². The van der Waals surface area contributed by atoms with Gasteiger partial charge in [-0.05, 0) is 30.3 Å². The van der Waals surface area contributed by atoms with Crippen molar-refractivity contribution in [2.45, 2.75) is 10.6 Å². The van der Waals surface area contributed by atoms with Crippen molar-refractivity contribution in [1.82, 2.24) is 9.97 Å². The Morgan fingerprint density at radius 3 is 2.61 bits per heavy atom. The maximum atomic E-state index is 5.97. The number of aromatic nitrogens is 2. The maximum Gasteiger partial charge on any atom is 0.221 e. The molecule has 0 radical (unpaired) electrons. The first-order valence-electron chi connectivity index (χ1n) is 7.19. The van der Waals surface area contributed by atoms with Crippen LogP contribution in [-0.4, -0.2) is 17.1 Å². The molecule has 1 aliphatic rings. The third-order valence-electron chi connectivity index (χ3n) is 3.78. The number of hydrogen-bond donors (Lipinski definition) is 0. The predicted molar refractivity (Wildman–Crippen MR) is 94.0 cm³/mol. The summed E-state index contributed by atoms with van der Waals surface area (Å²) in [6.07, 6.45) is 0. The first-order valence-corrected chi connectivity index (χ1v) is 8.55. The molecule has 1 aliphatic heterocycles. The van der Waals surface area contributed by atoms with Crippen molar-refractivity contribution in [2.75, 3.05) is 7.11 Å². The van der Waals surface area contributed by atoms with Crippen LogP contribution in [0.25, 0.3) is 22.6 Å². The molecule has 0 N–H and O–H groups in total. The van der Waals surface area contributed by atoms with E-state index in [0.717, 1.165) is 28.1 Å². The molecular weight excluding hydrogens is 328 g/mol. The van der Waals surface area contributed by atoms with Gasteiger partial charge in [-0.3, -0.25) is 0 Å². The second-order valence-corrected chi connectivity index (χ2v) is 6.63. The van der Waals surface area contributed by atoms with Crippen molar-refractivity contribution < 1.29 is 4.74 Å². The number of thioether (sulfide) groups is 1. The van der Waals surface area contributed by atoms with Crippen molar-refractivity contribution in [2.24, 2.45) is 0 Å². The van der Waals surface area contributed by atoms with Crippen molar-refractivity contribution in [3.63, 3.8) is 0 Å². The van der Waals surface area contributed by atoms with Gasteiger partial charge in [0.2, 0.25) is 5.88 Å². The van der Waals surface area contributed by atoms with Crippen LogP contribution in [0.15, 0.2) is 53.4 Å². The monoisotopic (exact) mass is 340 g/mol. The average molecular weight is 341 g/mol. The highest BCUT2D eigenvalue weighted by Gasteiger charge is 2.23. The molecule has 0 atom stereocenters. The minimum absolute atomic E-state index is 0.641. The van der Waals surface area contributed by atoms with Gasteiger partial charge in [0, 0.05) is 26.8 Å². The molecule has 1 aromatic heterocycles. The predicted octanol–water partition coefficient (Wildman–Crippen LogP) is 5.08. The third kappa shape index (κ3) is 2.58. The summed E-state index contributed by atoms with van der Waals surface area (Å²) in [6, 6.07) is 15.8. The summed E-state index contributed by atoms with van der Waals surface area (Å²) >= 11 is 7.76. The molecule has 0 saturated heterocycles. The number of rotatable bonds is 2. The summed E-state index contributed by atoms with van der Waals surface area (Å²) < 4.78 is 5.52. The Morgan fingerprint density at radius 1 is 1.04 bits per heavy atom. The number of methoxy groups -OCH3 is 1. The zero-order chi connectivity index (χ0) is 15.8. The SMILES string of the molecule is COc1nc(-c2ccc(Cl)cc2)nc2c1CSc1ccccc1-2. The molecule has 0 bridgehead atoms. The van der Waals surface area contributed by atoms with Crippen molar-refractivity contribution >= 4 is 23.4 Å². The fourth-order valence-corrected chi connectivity index (χ4v) is 3.83. The van der Waals surface area contributed by atoms with E-state index in [-0.39, 0.29) is 0 Å². The highest BCUT2D eigenvalue weighted by Crippen LogP contribution is 2.43. The van der Waals surface area contributed by atoms with E-state index >= 15 is 0 Å². The van der Waals surface area contributed by atoms with Gasteiger partial charge in [-0.2, -0.15) is 4.98 Å². The largest absolute Gasteiger partial charge is 0.481 e. The molecule has 2 heterocycles. The second kappa shape index (κ2) is 5.87.